The van der Waals surface area contributed by atoms with Crippen LogP contribution in [0.2, 0.25) is 0 Å². The van der Waals surface area contributed by atoms with E-state index in [-0.39, 0.29) is 17.5 Å². The first-order chi connectivity index (χ1) is 9.58. The summed E-state index contributed by atoms with van der Waals surface area (Å²) in [5.74, 6) is -1.34. The maximum absolute atomic E-state index is 11.0. The number of hydrogen-bond acceptors (Lipinski definition) is 5. The second-order valence-electron chi connectivity index (χ2n) is 4.84. The van der Waals surface area contributed by atoms with Crippen LogP contribution in [0, 0.1) is 10.1 Å². The van der Waals surface area contributed by atoms with E-state index >= 15 is 0 Å². The Labute approximate surface area is 115 Å². The summed E-state index contributed by atoms with van der Waals surface area (Å²) in [6, 6.07) is 0.987. The minimum atomic E-state index is -1.25. The third-order valence-electron chi connectivity index (χ3n) is 3.36. The summed E-state index contributed by atoms with van der Waals surface area (Å²) in [7, 11) is 0. The molecule has 7 heteroatoms. The lowest BCUT2D eigenvalue weighted by atomic mass is 10.1. The molecule has 1 aliphatic rings. The number of nitrogens with zero attached hydrogens (tertiary/aromatic N) is 2. The van der Waals surface area contributed by atoms with E-state index in [1.54, 1.807) is 0 Å². The highest BCUT2D eigenvalue weighted by Crippen LogP contribution is 2.29. The van der Waals surface area contributed by atoms with Gasteiger partial charge in [-0.25, -0.2) is 9.78 Å². The van der Waals surface area contributed by atoms with Gasteiger partial charge in [-0.1, -0.05) is 12.8 Å². The Balaban J connectivity index is 2.21. The fourth-order valence-corrected chi connectivity index (χ4v) is 2.30. The normalized spacial score (nSPS) is 16.4. The number of carboxylic acids is 1. The molecule has 0 bridgehead atoms. The predicted octanol–water partition coefficient (Wildman–Crippen LogP) is 2.79. The van der Waals surface area contributed by atoms with E-state index in [0.29, 0.717) is 0 Å². The van der Waals surface area contributed by atoms with Crippen molar-refractivity contribution in [3.63, 3.8) is 0 Å². The minimum absolute atomic E-state index is 0.0839. The Morgan fingerprint density at radius 3 is 2.55 bits per heavy atom. The van der Waals surface area contributed by atoms with Crippen LogP contribution in [0.15, 0.2) is 12.3 Å². The molecule has 1 aromatic rings. The van der Waals surface area contributed by atoms with Gasteiger partial charge in [-0.2, -0.15) is 0 Å². The zero-order valence-electron chi connectivity index (χ0n) is 10.9. The third-order valence-corrected chi connectivity index (χ3v) is 3.36. The quantitative estimate of drug-likeness (QED) is 0.516. The van der Waals surface area contributed by atoms with Gasteiger partial charge in [0.05, 0.1) is 10.5 Å². The van der Waals surface area contributed by atoms with E-state index in [1.165, 1.54) is 0 Å². The van der Waals surface area contributed by atoms with Crippen LogP contribution in [0.3, 0.4) is 0 Å². The first-order valence-corrected chi connectivity index (χ1v) is 6.62. The smallest absolute Gasteiger partial charge is 0.337 e. The Bertz CT molecular complexity index is 509. The van der Waals surface area contributed by atoms with Gasteiger partial charge in [-0.05, 0) is 25.7 Å². The van der Waals surface area contributed by atoms with E-state index in [0.717, 1.165) is 50.8 Å². The number of ether oxygens (including phenoxy) is 1. The molecule has 0 aliphatic heterocycles. The van der Waals surface area contributed by atoms with E-state index < -0.39 is 16.6 Å². The van der Waals surface area contributed by atoms with Crippen LogP contribution in [-0.2, 0) is 0 Å². The van der Waals surface area contributed by atoms with Crippen molar-refractivity contribution in [2.75, 3.05) is 0 Å². The predicted molar refractivity (Wildman–Crippen MR) is 70.0 cm³/mol. The van der Waals surface area contributed by atoms with E-state index in [1.807, 2.05) is 0 Å². The molecule has 0 spiro atoms. The molecule has 7 nitrogen and oxygen atoms in total. The second kappa shape index (κ2) is 6.31. The molecule has 0 amide bonds. The topological polar surface area (TPSA) is 103 Å². The van der Waals surface area contributed by atoms with E-state index in [2.05, 4.69) is 4.98 Å². The van der Waals surface area contributed by atoms with Crippen molar-refractivity contribution in [1.82, 2.24) is 4.98 Å². The molecule has 0 radical (unpaired) electrons. The number of aromatic nitrogens is 1. The summed E-state index contributed by atoms with van der Waals surface area (Å²) in [5, 5.41) is 19.8. The molecule has 1 aromatic heterocycles. The highest BCUT2D eigenvalue weighted by Gasteiger charge is 2.23. The first kappa shape index (κ1) is 14.2. The molecule has 1 N–H and O–H groups in total. The lowest BCUT2D eigenvalue weighted by Gasteiger charge is -2.15. The van der Waals surface area contributed by atoms with Crippen molar-refractivity contribution in [2.24, 2.45) is 0 Å². The van der Waals surface area contributed by atoms with Crippen molar-refractivity contribution in [3.05, 3.63) is 27.9 Å². The van der Waals surface area contributed by atoms with Gasteiger partial charge in [0.25, 0.3) is 5.88 Å². The third kappa shape index (κ3) is 3.43. The van der Waals surface area contributed by atoms with Crippen molar-refractivity contribution in [2.45, 2.75) is 44.6 Å². The fraction of sp³-hybridized carbons (Fsp3) is 0.538. The number of nitro groups is 1. The Morgan fingerprint density at radius 2 is 2.00 bits per heavy atom. The van der Waals surface area contributed by atoms with Gasteiger partial charge in [0.1, 0.15) is 6.10 Å². The zero-order valence-corrected chi connectivity index (χ0v) is 10.9. The lowest BCUT2D eigenvalue weighted by Crippen LogP contribution is -2.17. The molecule has 0 atom stereocenters. The van der Waals surface area contributed by atoms with Gasteiger partial charge in [0, 0.05) is 12.3 Å². The molecule has 20 heavy (non-hydrogen) atoms. The van der Waals surface area contributed by atoms with E-state index in [4.69, 9.17) is 9.84 Å². The average Bonchev–Trinajstić information content (AvgIpc) is 2.67. The molecule has 0 unspecified atom stereocenters. The largest absolute Gasteiger partial charge is 0.478 e. The van der Waals surface area contributed by atoms with Crippen molar-refractivity contribution >= 4 is 11.7 Å². The molecule has 1 saturated carbocycles. The monoisotopic (exact) mass is 280 g/mol. The van der Waals surface area contributed by atoms with Crippen LogP contribution in [0.1, 0.15) is 48.9 Å². The molecule has 0 saturated heterocycles. The molecule has 1 fully saturated rings. The molecular formula is C13H16N2O5. The Kier molecular flexibility index (Phi) is 4.49. The number of hydrogen-bond donors (Lipinski definition) is 1. The summed E-state index contributed by atoms with van der Waals surface area (Å²) >= 11 is 0. The molecular weight excluding hydrogens is 264 g/mol. The number of carbonyl (C=O) groups is 1. The number of rotatable bonds is 4. The maximum atomic E-state index is 11.0. The van der Waals surface area contributed by atoms with Gasteiger partial charge in [0.2, 0.25) is 0 Å². The Morgan fingerprint density at radius 1 is 1.35 bits per heavy atom. The fourth-order valence-electron chi connectivity index (χ4n) is 2.30. The second-order valence-corrected chi connectivity index (χ2v) is 4.84. The highest BCUT2D eigenvalue weighted by molar-refractivity contribution is 5.88. The van der Waals surface area contributed by atoms with E-state index in [9.17, 15) is 14.9 Å². The van der Waals surface area contributed by atoms with Crippen LogP contribution < -0.4 is 4.74 Å². The zero-order chi connectivity index (χ0) is 14.5. The van der Waals surface area contributed by atoms with Crippen LogP contribution >= 0.6 is 0 Å². The van der Waals surface area contributed by atoms with Gasteiger partial charge in [0.15, 0.2) is 0 Å². The molecule has 2 rings (SSSR count). The standard InChI is InChI=1S/C13H16N2O5/c16-13(17)9-7-11(15(18)19)12(14-8-9)20-10-5-3-1-2-4-6-10/h7-8,10H,1-6H2,(H,16,17). The highest BCUT2D eigenvalue weighted by atomic mass is 16.6. The van der Waals surface area contributed by atoms with Crippen molar-refractivity contribution in [1.29, 1.82) is 0 Å². The first-order valence-electron chi connectivity index (χ1n) is 6.62. The van der Waals surface area contributed by atoms with Crippen LogP contribution in [0.25, 0.3) is 0 Å². The summed E-state index contributed by atoms with van der Waals surface area (Å²) in [6.07, 6.45) is 7.05. The molecule has 1 aliphatic carbocycles. The SMILES string of the molecule is O=C(O)c1cnc(OC2CCCCCC2)c([N+](=O)[O-])c1. The summed E-state index contributed by atoms with van der Waals surface area (Å²) in [6.45, 7) is 0. The number of carboxylic acid groups (broad SMARTS) is 1. The summed E-state index contributed by atoms with van der Waals surface area (Å²) in [4.78, 5) is 25.0. The van der Waals surface area contributed by atoms with Crippen molar-refractivity contribution in [3.8, 4) is 5.88 Å². The molecule has 108 valence electrons. The van der Waals surface area contributed by atoms with Gasteiger partial charge < -0.3 is 9.84 Å². The Hall–Kier alpha value is -2.18. The van der Waals surface area contributed by atoms with Crippen LogP contribution in [-0.4, -0.2) is 27.1 Å². The minimum Gasteiger partial charge on any atom is -0.478 e. The van der Waals surface area contributed by atoms with Gasteiger partial charge in [-0.3, -0.25) is 10.1 Å². The van der Waals surface area contributed by atoms with Crippen molar-refractivity contribution < 1.29 is 19.6 Å². The summed E-state index contributed by atoms with van der Waals surface area (Å²) < 4.78 is 5.62. The van der Waals surface area contributed by atoms with Crippen LogP contribution in [0.4, 0.5) is 5.69 Å². The maximum Gasteiger partial charge on any atom is 0.337 e. The number of aromatic carboxylic acids is 1. The lowest BCUT2D eigenvalue weighted by molar-refractivity contribution is -0.386. The molecule has 0 aromatic carbocycles. The summed E-state index contributed by atoms with van der Waals surface area (Å²) in [5.41, 5.74) is -0.612. The molecule has 1 heterocycles. The van der Waals surface area contributed by atoms with Crippen LogP contribution in [0.5, 0.6) is 5.88 Å². The number of pyridine rings is 1. The van der Waals surface area contributed by atoms with Gasteiger partial charge >= 0.3 is 11.7 Å². The average molecular weight is 280 g/mol. The van der Waals surface area contributed by atoms with Gasteiger partial charge in [-0.15, -0.1) is 0 Å².